The predicted octanol–water partition coefficient (Wildman–Crippen LogP) is 3.38. The van der Waals surface area contributed by atoms with E-state index in [1.807, 2.05) is 11.4 Å². The minimum atomic E-state index is -1.03. The summed E-state index contributed by atoms with van der Waals surface area (Å²) in [5, 5.41) is 20.7. The van der Waals surface area contributed by atoms with E-state index in [1.165, 1.54) is 17.7 Å². The zero-order chi connectivity index (χ0) is 12.4. The molecule has 2 N–H and O–H groups in total. The highest BCUT2D eigenvalue weighted by molar-refractivity contribution is 7.13. The molecule has 0 atom stereocenters. The molecule has 0 spiro atoms. The quantitative estimate of drug-likeness (QED) is 0.875. The lowest BCUT2D eigenvalue weighted by Crippen LogP contribution is -1.95. The number of aryl methyl sites for hydroxylation is 1. The van der Waals surface area contributed by atoms with Gasteiger partial charge in [0.2, 0.25) is 0 Å². The summed E-state index contributed by atoms with van der Waals surface area (Å²) >= 11 is 1.55. The molecule has 17 heavy (non-hydrogen) atoms. The molecular formula is C13H12O3S. The van der Waals surface area contributed by atoms with Crippen LogP contribution in [0.4, 0.5) is 0 Å². The van der Waals surface area contributed by atoms with Gasteiger partial charge in [0, 0.05) is 10.4 Å². The second kappa shape index (κ2) is 4.59. The monoisotopic (exact) mass is 248 g/mol. The zero-order valence-electron chi connectivity index (χ0n) is 9.30. The first-order chi connectivity index (χ1) is 8.11. The molecule has 0 aliphatic heterocycles. The van der Waals surface area contributed by atoms with E-state index in [-0.39, 0.29) is 11.3 Å². The number of carboxylic acids is 1. The molecular weight excluding hydrogens is 236 g/mol. The van der Waals surface area contributed by atoms with Gasteiger partial charge < -0.3 is 10.2 Å². The number of thiophene rings is 1. The van der Waals surface area contributed by atoms with Crippen LogP contribution in [0.1, 0.15) is 22.8 Å². The number of carboxylic acid groups (broad SMARTS) is 1. The molecule has 0 saturated heterocycles. The molecule has 4 heteroatoms. The van der Waals surface area contributed by atoms with Crippen LogP contribution < -0.4 is 0 Å². The van der Waals surface area contributed by atoms with Crippen LogP contribution in [0.5, 0.6) is 5.75 Å². The van der Waals surface area contributed by atoms with Gasteiger partial charge in [0.1, 0.15) is 5.75 Å². The topological polar surface area (TPSA) is 57.5 Å². The number of phenolic OH excluding ortho intramolecular Hbond substituents is 1. The molecule has 88 valence electrons. The highest BCUT2D eigenvalue weighted by Gasteiger charge is 2.10. The van der Waals surface area contributed by atoms with Gasteiger partial charge in [0.25, 0.3) is 0 Å². The molecule has 0 amide bonds. The van der Waals surface area contributed by atoms with E-state index in [4.69, 9.17) is 5.11 Å². The first kappa shape index (κ1) is 11.7. The minimum Gasteiger partial charge on any atom is -0.507 e. The molecule has 0 radical (unpaired) electrons. The molecule has 0 aliphatic rings. The first-order valence-corrected chi connectivity index (χ1v) is 6.14. The fraction of sp³-hybridized carbons (Fsp3) is 0.154. The number of aromatic carboxylic acids is 1. The van der Waals surface area contributed by atoms with Gasteiger partial charge in [-0.2, -0.15) is 0 Å². The molecule has 0 bridgehead atoms. The summed E-state index contributed by atoms with van der Waals surface area (Å²) in [7, 11) is 0. The summed E-state index contributed by atoms with van der Waals surface area (Å²) in [6.07, 6.45) is 0.949. The summed E-state index contributed by atoms with van der Waals surface area (Å²) in [5.41, 5.74) is 1.99. The normalized spacial score (nSPS) is 10.4. The maximum Gasteiger partial charge on any atom is 0.335 e. The van der Waals surface area contributed by atoms with Gasteiger partial charge in [-0.15, -0.1) is 11.3 Å². The Kier molecular flexibility index (Phi) is 3.15. The van der Waals surface area contributed by atoms with E-state index in [0.717, 1.165) is 11.3 Å². The van der Waals surface area contributed by atoms with Crippen molar-refractivity contribution in [3.05, 3.63) is 40.8 Å². The molecule has 1 aromatic carbocycles. The van der Waals surface area contributed by atoms with E-state index < -0.39 is 5.97 Å². The van der Waals surface area contributed by atoms with Crippen LogP contribution in [-0.2, 0) is 6.42 Å². The number of hydrogen-bond acceptors (Lipinski definition) is 3. The molecule has 2 aromatic rings. The molecule has 2 rings (SSSR count). The number of phenols is 1. The van der Waals surface area contributed by atoms with Crippen LogP contribution >= 0.6 is 11.3 Å². The minimum absolute atomic E-state index is 0.00871. The fourth-order valence-corrected chi connectivity index (χ4v) is 2.61. The van der Waals surface area contributed by atoms with Gasteiger partial charge in [-0.05, 0) is 41.6 Å². The Morgan fingerprint density at radius 3 is 2.65 bits per heavy atom. The second-order valence-corrected chi connectivity index (χ2v) is 4.62. The second-order valence-electron chi connectivity index (χ2n) is 3.71. The van der Waals surface area contributed by atoms with Crippen LogP contribution in [0.15, 0.2) is 29.6 Å². The van der Waals surface area contributed by atoms with Gasteiger partial charge in [-0.3, -0.25) is 0 Å². The number of carbonyl (C=O) groups is 1. The fourth-order valence-electron chi connectivity index (χ4n) is 1.58. The van der Waals surface area contributed by atoms with Crippen molar-refractivity contribution < 1.29 is 15.0 Å². The number of benzene rings is 1. The summed E-state index contributed by atoms with van der Waals surface area (Å²) < 4.78 is 0. The van der Waals surface area contributed by atoms with Crippen molar-refractivity contribution >= 4 is 17.3 Å². The molecule has 3 nitrogen and oxygen atoms in total. The van der Waals surface area contributed by atoms with Gasteiger partial charge in [0.15, 0.2) is 0 Å². The molecule has 0 unspecified atom stereocenters. The Labute approximate surface area is 103 Å². The lowest BCUT2D eigenvalue weighted by atomic mass is 10.1. The van der Waals surface area contributed by atoms with Crippen molar-refractivity contribution in [2.75, 3.05) is 0 Å². The van der Waals surface area contributed by atoms with Gasteiger partial charge in [-0.25, -0.2) is 4.79 Å². The van der Waals surface area contributed by atoms with Gasteiger partial charge in [0.05, 0.1) is 5.56 Å². The SMILES string of the molecule is CCc1csc(-c2ccc(C(=O)O)cc2O)c1. The molecule has 0 fully saturated rings. The maximum atomic E-state index is 10.7. The first-order valence-electron chi connectivity index (χ1n) is 5.26. The number of rotatable bonds is 3. The summed E-state index contributed by atoms with van der Waals surface area (Å²) in [6, 6.07) is 6.44. The summed E-state index contributed by atoms with van der Waals surface area (Å²) in [5.74, 6) is -1.03. The number of aromatic hydroxyl groups is 1. The Balaban J connectivity index is 2.42. The third kappa shape index (κ3) is 2.31. The summed E-state index contributed by atoms with van der Waals surface area (Å²) in [6.45, 7) is 2.07. The Hall–Kier alpha value is -1.81. The van der Waals surface area contributed by atoms with E-state index in [0.29, 0.717) is 5.56 Å². The van der Waals surface area contributed by atoms with Crippen molar-refractivity contribution in [1.29, 1.82) is 0 Å². The standard InChI is InChI=1S/C13H12O3S/c1-2-8-5-12(17-7-8)10-4-3-9(13(15)16)6-11(10)14/h3-7,14H,2H2,1H3,(H,15,16). The van der Waals surface area contributed by atoms with E-state index >= 15 is 0 Å². The van der Waals surface area contributed by atoms with Crippen LogP contribution in [-0.4, -0.2) is 16.2 Å². The molecule has 0 saturated carbocycles. The van der Waals surface area contributed by atoms with Crippen LogP contribution in [0, 0.1) is 0 Å². The van der Waals surface area contributed by atoms with Gasteiger partial charge >= 0.3 is 5.97 Å². The van der Waals surface area contributed by atoms with Crippen molar-refractivity contribution in [3.8, 4) is 16.2 Å². The van der Waals surface area contributed by atoms with Crippen molar-refractivity contribution in [2.24, 2.45) is 0 Å². The van der Waals surface area contributed by atoms with Crippen LogP contribution in [0.3, 0.4) is 0 Å². The summed E-state index contributed by atoms with van der Waals surface area (Å²) in [4.78, 5) is 11.7. The Morgan fingerprint density at radius 2 is 2.12 bits per heavy atom. The van der Waals surface area contributed by atoms with Gasteiger partial charge in [-0.1, -0.05) is 6.92 Å². The van der Waals surface area contributed by atoms with Crippen LogP contribution in [0.2, 0.25) is 0 Å². The molecule has 1 heterocycles. The van der Waals surface area contributed by atoms with Crippen molar-refractivity contribution in [2.45, 2.75) is 13.3 Å². The van der Waals surface area contributed by atoms with Crippen LogP contribution in [0.25, 0.3) is 10.4 Å². The lowest BCUT2D eigenvalue weighted by Gasteiger charge is -2.02. The van der Waals surface area contributed by atoms with E-state index in [1.54, 1.807) is 17.4 Å². The third-order valence-corrected chi connectivity index (χ3v) is 3.58. The number of hydrogen-bond donors (Lipinski definition) is 2. The third-order valence-electron chi connectivity index (χ3n) is 2.57. The Bertz CT molecular complexity index is 558. The largest absolute Gasteiger partial charge is 0.507 e. The molecule has 0 aliphatic carbocycles. The van der Waals surface area contributed by atoms with E-state index in [9.17, 15) is 9.90 Å². The van der Waals surface area contributed by atoms with E-state index in [2.05, 4.69) is 6.92 Å². The highest BCUT2D eigenvalue weighted by Crippen LogP contribution is 2.34. The van der Waals surface area contributed by atoms with Crippen molar-refractivity contribution in [1.82, 2.24) is 0 Å². The maximum absolute atomic E-state index is 10.7. The predicted molar refractivity (Wildman–Crippen MR) is 67.8 cm³/mol. The smallest absolute Gasteiger partial charge is 0.335 e. The molecule has 1 aromatic heterocycles. The van der Waals surface area contributed by atoms with Crippen molar-refractivity contribution in [3.63, 3.8) is 0 Å². The zero-order valence-corrected chi connectivity index (χ0v) is 10.1. The lowest BCUT2D eigenvalue weighted by molar-refractivity contribution is 0.0696. The Morgan fingerprint density at radius 1 is 1.35 bits per heavy atom. The average molecular weight is 248 g/mol. The highest BCUT2D eigenvalue weighted by atomic mass is 32.1. The average Bonchev–Trinajstić information content (AvgIpc) is 2.77.